The molecule has 0 radical (unpaired) electrons. The minimum atomic E-state index is -4.10. The van der Waals surface area contributed by atoms with Crippen LogP contribution < -0.4 is 4.74 Å². The minimum absolute atomic E-state index is 0.00491. The first-order valence-electron chi connectivity index (χ1n) is 8.94. The Balaban J connectivity index is 2.13. The molecule has 8 nitrogen and oxygen atoms in total. The number of rotatable bonds is 6. The number of aliphatic hydroxyl groups is 2. The largest absolute Gasteiger partial charge is 0.497 e. The molecule has 1 aromatic carbocycles. The molecule has 2 aromatic rings. The second-order valence-corrected chi connectivity index (χ2v) is 9.48. The maximum atomic E-state index is 13.4. The Bertz CT molecular complexity index is 955. The third-order valence-electron chi connectivity index (χ3n) is 5.06. The molecule has 0 saturated carbocycles. The maximum Gasteiger partial charge on any atom is 0.324 e. The molecule has 2 heterocycles. The SMILES string of the molecule is COC(=O)[C@H]1[C@H](C(O)CO)c2ccsc2CCN1S(=O)(=O)c1ccc(OC)cc1. The molecule has 1 aliphatic heterocycles. The summed E-state index contributed by atoms with van der Waals surface area (Å²) in [4.78, 5) is 13.6. The van der Waals surface area contributed by atoms with Gasteiger partial charge in [-0.05, 0) is 47.7 Å². The normalized spacial score (nSPS) is 21.1. The number of benzene rings is 1. The number of carbonyl (C=O) groups excluding carboxylic acids is 1. The van der Waals surface area contributed by atoms with Crippen molar-refractivity contribution in [3.8, 4) is 5.75 Å². The Morgan fingerprint density at radius 1 is 1.28 bits per heavy atom. The van der Waals surface area contributed by atoms with Crippen molar-refractivity contribution in [1.82, 2.24) is 4.31 Å². The van der Waals surface area contributed by atoms with Gasteiger partial charge in [-0.25, -0.2) is 8.42 Å². The van der Waals surface area contributed by atoms with Crippen molar-refractivity contribution in [2.75, 3.05) is 27.4 Å². The third-order valence-corrected chi connectivity index (χ3v) is 7.95. The first-order chi connectivity index (χ1) is 13.8. The van der Waals surface area contributed by atoms with E-state index in [1.54, 1.807) is 6.07 Å². The van der Waals surface area contributed by atoms with Crippen LogP contribution in [0.3, 0.4) is 0 Å². The lowest BCUT2D eigenvalue weighted by Gasteiger charge is -2.34. The summed E-state index contributed by atoms with van der Waals surface area (Å²) in [6.45, 7) is -0.583. The average Bonchev–Trinajstić information content (AvgIpc) is 3.13. The van der Waals surface area contributed by atoms with E-state index in [2.05, 4.69) is 0 Å². The van der Waals surface area contributed by atoms with Crippen molar-refractivity contribution in [1.29, 1.82) is 0 Å². The molecule has 0 fully saturated rings. The first-order valence-corrected chi connectivity index (χ1v) is 11.3. The summed E-state index contributed by atoms with van der Waals surface area (Å²) >= 11 is 1.42. The fourth-order valence-electron chi connectivity index (χ4n) is 3.62. The van der Waals surface area contributed by atoms with Gasteiger partial charge in [-0.1, -0.05) is 0 Å². The fraction of sp³-hybridized carbons (Fsp3) is 0.421. The summed E-state index contributed by atoms with van der Waals surface area (Å²) in [5.74, 6) is -1.25. The van der Waals surface area contributed by atoms with Crippen LogP contribution in [0.25, 0.3) is 0 Å². The average molecular weight is 442 g/mol. The van der Waals surface area contributed by atoms with Crippen LogP contribution in [0.15, 0.2) is 40.6 Å². The molecular formula is C19H23NO7S2. The molecule has 0 aliphatic carbocycles. The van der Waals surface area contributed by atoms with Crippen molar-refractivity contribution in [3.05, 3.63) is 46.2 Å². The number of hydrogen-bond acceptors (Lipinski definition) is 8. The van der Waals surface area contributed by atoms with Crippen LogP contribution in [0.1, 0.15) is 16.4 Å². The number of aliphatic hydroxyl groups excluding tert-OH is 2. The van der Waals surface area contributed by atoms with Crippen molar-refractivity contribution >= 4 is 27.3 Å². The quantitative estimate of drug-likeness (QED) is 0.643. The summed E-state index contributed by atoms with van der Waals surface area (Å²) < 4.78 is 37.9. The second-order valence-electron chi connectivity index (χ2n) is 6.58. The number of fused-ring (bicyclic) bond motifs is 1. The zero-order valence-corrected chi connectivity index (χ0v) is 17.6. The molecule has 1 unspecified atom stereocenters. The third kappa shape index (κ3) is 4.03. The summed E-state index contributed by atoms with van der Waals surface area (Å²) in [6.07, 6.45) is -0.955. The number of thiophene rings is 1. The molecule has 0 saturated heterocycles. The molecule has 0 bridgehead atoms. The first kappa shape index (κ1) is 21.7. The molecule has 3 atom stereocenters. The molecule has 0 amide bonds. The highest BCUT2D eigenvalue weighted by atomic mass is 32.2. The van der Waals surface area contributed by atoms with Gasteiger partial charge < -0.3 is 19.7 Å². The molecule has 2 N–H and O–H groups in total. The molecule has 29 heavy (non-hydrogen) atoms. The zero-order valence-electron chi connectivity index (χ0n) is 16.0. The smallest absolute Gasteiger partial charge is 0.324 e. The Morgan fingerprint density at radius 3 is 2.55 bits per heavy atom. The van der Waals surface area contributed by atoms with E-state index in [4.69, 9.17) is 9.47 Å². The van der Waals surface area contributed by atoms with Gasteiger partial charge in [0.1, 0.15) is 11.8 Å². The summed E-state index contributed by atoms with van der Waals surface area (Å²) in [5.41, 5.74) is 0.652. The Hall–Kier alpha value is -1.98. The summed E-state index contributed by atoms with van der Waals surface area (Å²) in [5, 5.41) is 21.9. The van der Waals surface area contributed by atoms with E-state index in [9.17, 15) is 23.4 Å². The van der Waals surface area contributed by atoms with E-state index in [0.29, 0.717) is 17.7 Å². The predicted molar refractivity (Wildman–Crippen MR) is 107 cm³/mol. The number of methoxy groups -OCH3 is 2. The highest BCUT2D eigenvalue weighted by molar-refractivity contribution is 7.89. The van der Waals surface area contributed by atoms with E-state index in [1.807, 2.05) is 5.38 Å². The van der Waals surface area contributed by atoms with Crippen molar-refractivity contribution in [2.24, 2.45) is 0 Å². The minimum Gasteiger partial charge on any atom is -0.497 e. The second kappa shape index (κ2) is 8.80. The Labute approximate surface area is 173 Å². The van der Waals surface area contributed by atoms with Crippen LogP contribution in [-0.4, -0.2) is 68.4 Å². The number of sulfonamides is 1. The molecule has 0 spiro atoms. The fourth-order valence-corrected chi connectivity index (χ4v) is 6.15. The van der Waals surface area contributed by atoms with Crippen LogP contribution in [0.2, 0.25) is 0 Å². The highest BCUT2D eigenvalue weighted by Crippen LogP contribution is 2.38. The number of esters is 1. The Kier molecular flexibility index (Phi) is 6.59. The standard InChI is InChI=1S/C19H23NO7S2/c1-26-12-3-5-13(6-4-12)29(24,25)20-9-7-16-14(8-10-28-16)17(15(22)11-21)18(20)19(23)27-2/h3-6,8,10,15,17-18,21-22H,7,9,11H2,1-2H3/t15?,17-,18+/m0/s1. The number of ether oxygens (including phenoxy) is 2. The van der Waals surface area contributed by atoms with E-state index >= 15 is 0 Å². The van der Waals surface area contributed by atoms with Gasteiger partial charge in [0, 0.05) is 17.3 Å². The lowest BCUT2D eigenvalue weighted by molar-refractivity contribution is -0.147. The van der Waals surface area contributed by atoms with Gasteiger partial charge in [-0.3, -0.25) is 4.79 Å². The van der Waals surface area contributed by atoms with Crippen LogP contribution >= 0.6 is 11.3 Å². The van der Waals surface area contributed by atoms with E-state index in [1.165, 1.54) is 49.8 Å². The van der Waals surface area contributed by atoms with E-state index in [0.717, 1.165) is 9.18 Å². The molecule has 1 aliphatic rings. The Morgan fingerprint density at radius 2 is 1.97 bits per heavy atom. The molecule has 158 valence electrons. The van der Waals surface area contributed by atoms with Crippen molar-refractivity contribution < 1.29 is 32.9 Å². The number of carbonyl (C=O) groups is 1. The van der Waals surface area contributed by atoms with Crippen LogP contribution in [0.5, 0.6) is 5.75 Å². The summed E-state index contributed by atoms with van der Waals surface area (Å²) in [7, 11) is -1.45. The zero-order chi connectivity index (χ0) is 21.2. The topological polar surface area (TPSA) is 113 Å². The summed E-state index contributed by atoms with van der Waals surface area (Å²) in [6, 6.07) is 6.29. The van der Waals surface area contributed by atoms with Gasteiger partial charge in [0.2, 0.25) is 10.0 Å². The van der Waals surface area contributed by atoms with Crippen molar-refractivity contribution in [2.45, 2.75) is 29.4 Å². The predicted octanol–water partition coefficient (Wildman–Crippen LogP) is 0.982. The van der Waals surface area contributed by atoms with Crippen LogP contribution in [-0.2, 0) is 26.0 Å². The van der Waals surface area contributed by atoms with E-state index in [-0.39, 0.29) is 11.4 Å². The van der Waals surface area contributed by atoms with Gasteiger partial charge in [0.15, 0.2) is 0 Å². The molecular weight excluding hydrogens is 418 g/mol. The van der Waals surface area contributed by atoms with Gasteiger partial charge in [-0.2, -0.15) is 4.31 Å². The highest BCUT2D eigenvalue weighted by Gasteiger charge is 2.47. The van der Waals surface area contributed by atoms with Gasteiger partial charge in [-0.15, -0.1) is 11.3 Å². The van der Waals surface area contributed by atoms with Crippen LogP contribution in [0.4, 0.5) is 0 Å². The lowest BCUT2D eigenvalue weighted by atomic mass is 9.87. The lowest BCUT2D eigenvalue weighted by Crippen LogP contribution is -2.51. The number of hydrogen-bond donors (Lipinski definition) is 2. The van der Waals surface area contributed by atoms with Crippen molar-refractivity contribution in [3.63, 3.8) is 0 Å². The van der Waals surface area contributed by atoms with Gasteiger partial charge in [0.05, 0.1) is 31.8 Å². The molecule has 1 aromatic heterocycles. The monoisotopic (exact) mass is 441 g/mol. The maximum absolute atomic E-state index is 13.4. The molecule has 3 rings (SSSR count). The number of nitrogens with zero attached hydrogens (tertiary/aromatic N) is 1. The van der Waals surface area contributed by atoms with Crippen LogP contribution in [0, 0.1) is 0 Å². The van der Waals surface area contributed by atoms with E-state index < -0.39 is 40.7 Å². The van der Waals surface area contributed by atoms with Gasteiger partial charge in [0.25, 0.3) is 0 Å². The van der Waals surface area contributed by atoms with Gasteiger partial charge >= 0.3 is 5.97 Å². The molecule has 10 heteroatoms.